The summed E-state index contributed by atoms with van der Waals surface area (Å²) in [4.78, 5) is 2.83. The summed E-state index contributed by atoms with van der Waals surface area (Å²) in [6.45, 7) is 0. The fourth-order valence-corrected chi connectivity index (χ4v) is 1.03. The maximum Gasteiger partial charge on any atom is 1.00 e. The molecule has 0 aromatic heterocycles. The highest BCUT2D eigenvalue weighted by atomic mass is 32.3. The molecule has 13 heavy (non-hydrogen) atoms. The number of hydrogen-bond acceptors (Lipinski definition) is 5. The Hall–Kier alpha value is -1.65. The Bertz CT molecular complexity index is 436. The molecule has 0 N–H and O–H groups in total. The zero-order valence-electron chi connectivity index (χ0n) is 7.25. The lowest BCUT2D eigenvalue weighted by Crippen LogP contribution is -2.06. The second-order valence-corrected chi connectivity index (χ2v) is 3.07. The second-order valence-electron chi connectivity index (χ2n) is 2.09. The van der Waals surface area contributed by atoms with Crippen LogP contribution in [0.4, 0.5) is 5.69 Å². The lowest BCUT2D eigenvalue weighted by atomic mass is 10.3. The zero-order valence-corrected chi connectivity index (χ0v) is 7.06. The molecule has 0 bridgehead atoms. The van der Waals surface area contributed by atoms with E-state index in [9.17, 15) is 13.0 Å². The molecular weight excluding hydrogens is 196 g/mol. The molecule has 0 heterocycles. The molecule has 1 aromatic carbocycles. The molecule has 1 rings (SSSR count). The molecule has 0 aliphatic carbocycles. The van der Waals surface area contributed by atoms with Crippen molar-refractivity contribution in [3.63, 3.8) is 0 Å². The summed E-state index contributed by atoms with van der Waals surface area (Å²) in [6, 6.07) is 4.98. The largest absolute Gasteiger partial charge is 1.00 e. The van der Waals surface area contributed by atoms with E-state index in [1.165, 1.54) is 24.3 Å². The molecule has 0 saturated carbocycles. The molecule has 0 saturated heterocycles. The predicted octanol–water partition coefficient (Wildman–Crippen LogP) is 1.12. The summed E-state index contributed by atoms with van der Waals surface area (Å²) < 4.78 is 34.3. The van der Waals surface area contributed by atoms with Crippen molar-refractivity contribution >= 4 is 16.1 Å². The monoisotopic (exact) mass is 201 g/mol. The number of diazo groups is 1. The number of rotatable bonds is 2. The second kappa shape index (κ2) is 3.38. The molecule has 0 aliphatic rings. The molecule has 7 heteroatoms. The first-order valence-corrected chi connectivity index (χ1v) is 4.45. The van der Waals surface area contributed by atoms with Crippen LogP contribution in [0.15, 0.2) is 24.3 Å². The molecule has 0 unspecified atom stereocenters. The average molecular weight is 201 g/mol. The Morgan fingerprint density at radius 2 is 1.92 bits per heavy atom. The van der Waals surface area contributed by atoms with Gasteiger partial charge >= 0.3 is 7.11 Å². The first kappa shape index (κ1) is 9.44. The number of hydrogen-bond donors (Lipinski definition) is 0. The third-order valence-corrected chi connectivity index (χ3v) is 1.55. The molecule has 0 spiro atoms. The highest BCUT2D eigenvalue weighted by Crippen LogP contribution is 2.18. The Morgan fingerprint density at radius 1 is 1.38 bits per heavy atom. The quantitative estimate of drug-likeness (QED) is 0.406. The minimum absolute atomic E-state index is 0. The van der Waals surface area contributed by atoms with Crippen LogP contribution in [-0.2, 0) is 10.4 Å². The maximum atomic E-state index is 10.1. The van der Waals surface area contributed by atoms with Crippen molar-refractivity contribution in [1.82, 2.24) is 0 Å². The van der Waals surface area contributed by atoms with Gasteiger partial charge in [-0.05, 0) is 12.1 Å². The summed E-state index contributed by atoms with van der Waals surface area (Å²) in [7, 11) is -4.74. The molecule has 6 nitrogen and oxygen atoms in total. The fraction of sp³-hybridized carbons (Fsp3) is 0. The third kappa shape index (κ3) is 3.06. The van der Waals surface area contributed by atoms with Gasteiger partial charge in [-0.2, -0.15) is 0 Å². The van der Waals surface area contributed by atoms with Crippen LogP contribution >= 0.6 is 0 Å². The lowest BCUT2D eigenvalue weighted by molar-refractivity contribution is 0.372. The van der Waals surface area contributed by atoms with Gasteiger partial charge in [0, 0.05) is 12.1 Å². The number of nitrogens with zero attached hydrogens (tertiary/aromatic N) is 2. The smallest absolute Gasteiger partial charge is 0.716 e. The van der Waals surface area contributed by atoms with Crippen LogP contribution in [0.1, 0.15) is 1.43 Å². The standard InChI is InChI=1S/C6H4N2O4S/c7-8-5-1-3-6(4-2-5)12-13(9,10)11/h1-4H/p+1. The van der Waals surface area contributed by atoms with Crippen LogP contribution in [0.25, 0.3) is 4.98 Å². The molecule has 68 valence electrons. The van der Waals surface area contributed by atoms with Crippen molar-refractivity contribution in [2.24, 2.45) is 0 Å². The maximum absolute atomic E-state index is 10.1. The highest BCUT2D eigenvalue weighted by Gasteiger charge is 2.04. The van der Waals surface area contributed by atoms with E-state index < -0.39 is 10.4 Å². The van der Waals surface area contributed by atoms with E-state index in [-0.39, 0.29) is 12.9 Å². The van der Waals surface area contributed by atoms with Crippen LogP contribution in [0.5, 0.6) is 5.75 Å². The summed E-state index contributed by atoms with van der Waals surface area (Å²) in [5, 5.41) is 8.27. The van der Waals surface area contributed by atoms with Crippen LogP contribution in [0.2, 0.25) is 0 Å². The molecule has 0 radical (unpaired) electrons. The average Bonchev–Trinajstić information content (AvgIpc) is 2.03. The predicted molar refractivity (Wildman–Crippen MR) is 42.6 cm³/mol. The summed E-state index contributed by atoms with van der Waals surface area (Å²) in [5.41, 5.74) is 0.232. The van der Waals surface area contributed by atoms with E-state index in [4.69, 9.17) is 5.39 Å². The molecule has 1 aromatic rings. The molecule has 0 atom stereocenters. The van der Waals surface area contributed by atoms with E-state index in [2.05, 4.69) is 9.16 Å². The van der Waals surface area contributed by atoms with Crippen molar-refractivity contribution in [2.75, 3.05) is 0 Å². The van der Waals surface area contributed by atoms with Gasteiger partial charge in [0.2, 0.25) is 5.39 Å². The van der Waals surface area contributed by atoms with Gasteiger partial charge < -0.3 is 8.74 Å². The van der Waals surface area contributed by atoms with Crippen LogP contribution in [-0.4, -0.2) is 13.0 Å². The molecule has 0 aliphatic heterocycles. The van der Waals surface area contributed by atoms with Gasteiger partial charge in [-0.15, -0.1) is 0 Å². The van der Waals surface area contributed by atoms with E-state index in [0.29, 0.717) is 0 Å². The summed E-state index contributed by atoms with van der Waals surface area (Å²) in [6.07, 6.45) is 0. The zero-order chi connectivity index (χ0) is 9.90. The minimum atomic E-state index is -4.74. The normalized spacial score (nSPS) is 10.5. The van der Waals surface area contributed by atoms with E-state index >= 15 is 0 Å². The van der Waals surface area contributed by atoms with Crippen LogP contribution < -0.4 is 4.18 Å². The SMILES string of the molecule is N#[N+]c1ccc(OS(=O)(=O)[O-])cc1.[H+]. The van der Waals surface area contributed by atoms with E-state index in [1.54, 1.807) is 0 Å². The minimum Gasteiger partial charge on any atom is -0.716 e. The van der Waals surface area contributed by atoms with Crippen molar-refractivity contribution in [1.29, 1.82) is 5.39 Å². The van der Waals surface area contributed by atoms with Crippen molar-refractivity contribution in [3.8, 4) is 5.75 Å². The Balaban J connectivity index is 0.00000169. The van der Waals surface area contributed by atoms with E-state index in [1.807, 2.05) is 0 Å². The van der Waals surface area contributed by atoms with Gasteiger partial charge in [0.1, 0.15) is 5.75 Å². The van der Waals surface area contributed by atoms with Gasteiger partial charge in [0.05, 0.1) is 0 Å². The fourth-order valence-electron chi connectivity index (χ4n) is 0.686. The summed E-state index contributed by atoms with van der Waals surface area (Å²) in [5.74, 6) is -0.123. The number of benzene rings is 1. The van der Waals surface area contributed by atoms with Crippen LogP contribution in [0.3, 0.4) is 0 Å². The topological polar surface area (TPSA) is 94.6 Å². The third-order valence-electron chi connectivity index (χ3n) is 1.15. The van der Waals surface area contributed by atoms with Gasteiger partial charge in [-0.3, -0.25) is 0 Å². The molecular formula is C6H5N2O4S+. The molecule has 0 amide bonds. The van der Waals surface area contributed by atoms with E-state index in [0.717, 1.165) is 0 Å². The van der Waals surface area contributed by atoms with Crippen molar-refractivity contribution < 1.29 is 18.6 Å². The van der Waals surface area contributed by atoms with Gasteiger partial charge in [0.15, 0.2) is 4.98 Å². The van der Waals surface area contributed by atoms with Crippen molar-refractivity contribution in [2.45, 2.75) is 0 Å². The first-order valence-electron chi connectivity index (χ1n) is 3.12. The first-order chi connectivity index (χ1) is 6.01. The van der Waals surface area contributed by atoms with Gasteiger partial charge in [0.25, 0.3) is 10.4 Å². The van der Waals surface area contributed by atoms with Gasteiger partial charge in [-0.1, -0.05) is 0 Å². The van der Waals surface area contributed by atoms with Gasteiger partial charge in [-0.25, -0.2) is 8.42 Å². The Morgan fingerprint density at radius 3 is 2.31 bits per heavy atom. The molecule has 0 fully saturated rings. The summed E-state index contributed by atoms with van der Waals surface area (Å²) >= 11 is 0. The van der Waals surface area contributed by atoms with Crippen LogP contribution in [0, 0.1) is 5.39 Å². The van der Waals surface area contributed by atoms with Crippen molar-refractivity contribution in [3.05, 3.63) is 29.2 Å². The highest BCUT2D eigenvalue weighted by molar-refractivity contribution is 7.81. The Kier molecular flexibility index (Phi) is 2.46. The lowest BCUT2D eigenvalue weighted by Gasteiger charge is -2.07. The Labute approximate surface area is 75.8 Å².